The molecule has 0 spiro atoms. The highest BCUT2D eigenvalue weighted by Gasteiger charge is 2.35. The van der Waals surface area contributed by atoms with Crippen LogP contribution in [0, 0.1) is 17.2 Å². The van der Waals surface area contributed by atoms with Gasteiger partial charge in [-0.25, -0.2) is 0 Å². The second-order valence-corrected chi connectivity index (χ2v) is 6.17. The van der Waals surface area contributed by atoms with Crippen LogP contribution in [0.5, 0.6) is 17.4 Å². The molecular formula is C19H19N3O5. The lowest BCUT2D eigenvalue weighted by molar-refractivity contribution is -0.140. The first-order valence-corrected chi connectivity index (χ1v) is 8.65. The topological polar surface area (TPSA) is 106 Å². The zero-order valence-corrected chi connectivity index (χ0v) is 14.8. The van der Waals surface area contributed by atoms with Gasteiger partial charge in [-0.05, 0) is 49.2 Å². The summed E-state index contributed by atoms with van der Waals surface area (Å²) >= 11 is 0. The van der Waals surface area contributed by atoms with Gasteiger partial charge in [-0.15, -0.1) is 0 Å². The molecule has 1 aliphatic heterocycles. The number of carbonyl (C=O) groups excluding carboxylic acids is 2. The molecule has 2 aromatic rings. The van der Waals surface area contributed by atoms with Crippen molar-refractivity contribution in [2.45, 2.75) is 25.9 Å². The Morgan fingerprint density at radius 3 is 2.44 bits per heavy atom. The molecule has 8 heteroatoms. The summed E-state index contributed by atoms with van der Waals surface area (Å²) in [6, 6.07) is 9.95. The van der Waals surface area contributed by atoms with E-state index in [9.17, 15) is 14.9 Å². The van der Waals surface area contributed by atoms with E-state index < -0.39 is 23.7 Å². The molecule has 1 aromatic carbocycles. The van der Waals surface area contributed by atoms with Crippen LogP contribution >= 0.6 is 0 Å². The first-order chi connectivity index (χ1) is 13.1. The fourth-order valence-electron chi connectivity index (χ4n) is 2.82. The summed E-state index contributed by atoms with van der Waals surface area (Å²) in [6.45, 7) is 2.71. The summed E-state index contributed by atoms with van der Waals surface area (Å²) in [5.74, 6) is -1.05. The number of ketones is 1. The van der Waals surface area contributed by atoms with Crippen molar-refractivity contribution in [2.24, 2.45) is 5.92 Å². The van der Waals surface area contributed by atoms with Crippen molar-refractivity contribution in [2.75, 3.05) is 13.1 Å². The highest BCUT2D eigenvalue weighted by atomic mass is 16.5. The van der Waals surface area contributed by atoms with Gasteiger partial charge >= 0.3 is 0 Å². The number of carbonyl (C=O) groups is 2. The quantitative estimate of drug-likeness (QED) is 0.691. The van der Waals surface area contributed by atoms with E-state index in [2.05, 4.69) is 9.68 Å². The predicted octanol–water partition coefficient (Wildman–Crippen LogP) is 2.57. The number of aromatic nitrogens is 1. The van der Waals surface area contributed by atoms with Crippen LogP contribution in [0.3, 0.4) is 0 Å². The molecule has 0 N–H and O–H groups in total. The number of Topliss-reactive ketones (excluding diaryl/α,β-unsaturated/α-hetero) is 1. The molecule has 140 valence electrons. The number of hydrogen-bond acceptors (Lipinski definition) is 7. The Morgan fingerprint density at radius 2 is 1.85 bits per heavy atom. The SMILES string of the molecule is CC(Oc1ccc(Oc2ccon2)cc1)C(=O)C(C#N)C(=O)N1CCCC1. The maximum absolute atomic E-state index is 12.5. The molecule has 0 radical (unpaired) electrons. The predicted molar refractivity (Wildman–Crippen MR) is 93.0 cm³/mol. The van der Waals surface area contributed by atoms with Crippen molar-refractivity contribution in [3.8, 4) is 23.4 Å². The molecule has 0 saturated carbocycles. The van der Waals surface area contributed by atoms with Crippen molar-refractivity contribution >= 4 is 11.7 Å². The lowest BCUT2D eigenvalue weighted by atomic mass is 10.0. The molecule has 1 amide bonds. The maximum atomic E-state index is 12.5. The van der Waals surface area contributed by atoms with Gasteiger partial charge in [0.1, 0.15) is 17.8 Å². The molecular weight excluding hydrogens is 350 g/mol. The van der Waals surface area contributed by atoms with E-state index in [1.807, 2.05) is 6.07 Å². The van der Waals surface area contributed by atoms with Crippen LogP contribution in [0.1, 0.15) is 19.8 Å². The van der Waals surface area contributed by atoms with E-state index >= 15 is 0 Å². The molecule has 2 heterocycles. The van der Waals surface area contributed by atoms with E-state index in [4.69, 9.17) is 9.47 Å². The Bertz CT molecular complexity index is 820. The summed E-state index contributed by atoms with van der Waals surface area (Å²) in [7, 11) is 0. The number of hydrogen-bond donors (Lipinski definition) is 0. The van der Waals surface area contributed by atoms with E-state index in [1.54, 1.807) is 35.2 Å². The van der Waals surface area contributed by atoms with Gasteiger partial charge in [0.15, 0.2) is 17.8 Å². The summed E-state index contributed by atoms with van der Waals surface area (Å²) in [4.78, 5) is 26.4. The Balaban J connectivity index is 1.59. The number of amides is 1. The Hall–Kier alpha value is -3.34. The van der Waals surface area contributed by atoms with Crippen molar-refractivity contribution < 1.29 is 23.6 Å². The monoisotopic (exact) mass is 369 g/mol. The zero-order valence-electron chi connectivity index (χ0n) is 14.8. The van der Waals surface area contributed by atoms with Crippen molar-refractivity contribution in [1.82, 2.24) is 10.1 Å². The number of likely N-dealkylation sites (tertiary alicyclic amines) is 1. The smallest absolute Gasteiger partial charge is 0.259 e. The third-order valence-corrected chi connectivity index (χ3v) is 4.25. The average Bonchev–Trinajstić information content (AvgIpc) is 3.37. The van der Waals surface area contributed by atoms with Gasteiger partial charge in [-0.2, -0.15) is 5.26 Å². The number of nitrogens with zero attached hydrogens (tertiary/aromatic N) is 3. The normalized spacial score (nSPS) is 15.6. The van der Waals surface area contributed by atoms with Gasteiger partial charge in [-0.3, -0.25) is 9.59 Å². The summed E-state index contributed by atoms with van der Waals surface area (Å²) in [5.41, 5.74) is 0. The minimum atomic E-state index is -1.34. The molecule has 0 bridgehead atoms. The van der Waals surface area contributed by atoms with Crippen LogP contribution in [-0.2, 0) is 9.59 Å². The summed E-state index contributed by atoms with van der Waals surface area (Å²) in [6.07, 6.45) is 2.26. The van der Waals surface area contributed by atoms with Gasteiger partial charge in [0.2, 0.25) is 5.91 Å². The van der Waals surface area contributed by atoms with Crippen LogP contribution in [0.15, 0.2) is 41.1 Å². The van der Waals surface area contributed by atoms with E-state index in [0.717, 1.165) is 12.8 Å². The first kappa shape index (κ1) is 18.5. The van der Waals surface area contributed by atoms with Gasteiger partial charge < -0.3 is 18.9 Å². The standard InChI is InChI=1S/C19H19N3O5/c1-13(18(23)16(12-20)19(24)22-9-2-3-10-22)26-14-4-6-15(7-5-14)27-17-8-11-25-21-17/h4-8,11,13,16H,2-3,9-10H2,1H3. The fourth-order valence-corrected chi connectivity index (χ4v) is 2.82. The van der Waals surface area contributed by atoms with Gasteiger partial charge in [0, 0.05) is 19.2 Å². The van der Waals surface area contributed by atoms with Gasteiger partial charge in [0.05, 0.1) is 6.07 Å². The van der Waals surface area contributed by atoms with E-state index in [-0.39, 0.29) is 0 Å². The van der Waals surface area contributed by atoms with Crippen LogP contribution in [0.25, 0.3) is 0 Å². The number of nitriles is 1. The lowest BCUT2D eigenvalue weighted by Crippen LogP contribution is -2.41. The van der Waals surface area contributed by atoms with E-state index in [0.29, 0.717) is 30.5 Å². The third kappa shape index (κ3) is 4.44. The average molecular weight is 369 g/mol. The Labute approximate surface area is 156 Å². The number of benzene rings is 1. The highest BCUT2D eigenvalue weighted by Crippen LogP contribution is 2.24. The fraction of sp³-hybridized carbons (Fsp3) is 0.368. The van der Waals surface area contributed by atoms with E-state index in [1.165, 1.54) is 13.2 Å². The van der Waals surface area contributed by atoms with Gasteiger partial charge in [0.25, 0.3) is 5.88 Å². The summed E-state index contributed by atoms with van der Waals surface area (Å²) < 4.78 is 15.7. The largest absolute Gasteiger partial charge is 0.483 e. The minimum Gasteiger partial charge on any atom is -0.483 e. The highest BCUT2D eigenvalue weighted by molar-refractivity contribution is 6.05. The summed E-state index contributed by atoms with van der Waals surface area (Å²) in [5, 5.41) is 12.9. The molecule has 2 unspecified atom stereocenters. The maximum Gasteiger partial charge on any atom is 0.259 e. The van der Waals surface area contributed by atoms with Crippen LogP contribution in [0.2, 0.25) is 0 Å². The lowest BCUT2D eigenvalue weighted by Gasteiger charge is -2.21. The van der Waals surface area contributed by atoms with Crippen LogP contribution in [0.4, 0.5) is 0 Å². The Kier molecular flexibility index (Phi) is 5.71. The van der Waals surface area contributed by atoms with Crippen molar-refractivity contribution in [3.05, 3.63) is 36.6 Å². The molecule has 1 saturated heterocycles. The van der Waals surface area contributed by atoms with Crippen molar-refractivity contribution in [1.29, 1.82) is 5.26 Å². The van der Waals surface area contributed by atoms with Gasteiger partial charge in [-0.1, -0.05) is 0 Å². The molecule has 3 rings (SSSR count). The molecule has 2 atom stereocenters. The minimum absolute atomic E-state index is 0.324. The Morgan fingerprint density at radius 1 is 1.19 bits per heavy atom. The number of rotatable bonds is 7. The number of ether oxygens (including phenoxy) is 2. The molecule has 1 fully saturated rings. The molecule has 0 aliphatic carbocycles. The molecule has 8 nitrogen and oxygen atoms in total. The van der Waals surface area contributed by atoms with Crippen LogP contribution < -0.4 is 9.47 Å². The molecule has 1 aromatic heterocycles. The molecule has 1 aliphatic rings. The van der Waals surface area contributed by atoms with Crippen molar-refractivity contribution in [3.63, 3.8) is 0 Å². The molecule has 27 heavy (non-hydrogen) atoms. The zero-order chi connectivity index (χ0) is 19.2. The second kappa shape index (κ2) is 8.36. The first-order valence-electron chi connectivity index (χ1n) is 8.65. The third-order valence-electron chi connectivity index (χ3n) is 4.25. The second-order valence-electron chi connectivity index (χ2n) is 6.17. The van der Waals surface area contributed by atoms with Crippen LogP contribution in [-0.4, -0.2) is 40.9 Å².